The number of nitrogens with zero attached hydrogens (tertiary/aromatic N) is 1. The summed E-state index contributed by atoms with van der Waals surface area (Å²) in [7, 11) is 0. The zero-order chi connectivity index (χ0) is 13.9. The van der Waals surface area contributed by atoms with Gasteiger partial charge in [-0.3, -0.25) is 10.1 Å². The maximum absolute atomic E-state index is 10.8. The summed E-state index contributed by atoms with van der Waals surface area (Å²) in [6.45, 7) is 2.09. The lowest BCUT2D eigenvalue weighted by molar-refractivity contribution is -0.385. The van der Waals surface area contributed by atoms with Gasteiger partial charge in [-0.1, -0.05) is 0 Å². The smallest absolute Gasteiger partial charge is 0.310 e. The normalized spacial score (nSPS) is 14.3. The van der Waals surface area contributed by atoms with E-state index in [4.69, 9.17) is 16.3 Å². The second-order valence-electron chi connectivity index (χ2n) is 4.10. The average Bonchev–Trinajstić information content (AvgIpc) is 2.18. The molecule has 0 aliphatic rings. The van der Waals surface area contributed by atoms with Crippen molar-refractivity contribution in [2.45, 2.75) is 26.8 Å². The Labute approximate surface area is 110 Å². The Morgan fingerprint density at radius 3 is 2.67 bits per heavy atom. The number of hydrogen-bond donors (Lipinski definition) is 2. The molecule has 0 aliphatic carbocycles. The van der Waals surface area contributed by atoms with E-state index in [2.05, 4.69) is 5.09 Å². The first-order valence-electron chi connectivity index (χ1n) is 5.26. The van der Waals surface area contributed by atoms with E-state index in [0.29, 0.717) is 5.56 Å². The molecule has 100 valence electrons. The first-order valence-corrected chi connectivity index (χ1v) is 7.94. The molecule has 0 fully saturated rings. The zero-order valence-corrected chi connectivity index (χ0v) is 12.0. The Hall–Kier alpha value is -1.01. The van der Waals surface area contributed by atoms with Gasteiger partial charge < -0.3 is 9.42 Å². The summed E-state index contributed by atoms with van der Waals surface area (Å²) < 4.78 is 5.22. The quantitative estimate of drug-likeness (QED) is 0.492. The third-order valence-corrected chi connectivity index (χ3v) is 3.87. The fourth-order valence-electron chi connectivity index (χ4n) is 1.34. The molecule has 1 aromatic rings. The lowest BCUT2D eigenvalue weighted by Gasteiger charge is -2.20. The van der Waals surface area contributed by atoms with Gasteiger partial charge in [0.2, 0.25) is 0 Å². The van der Waals surface area contributed by atoms with Crippen LogP contribution in [0.15, 0.2) is 18.2 Å². The zero-order valence-electron chi connectivity index (χ0n) is 10.3. The van der Waals surface area contributed by atoms with Gasteiger partial charge in [0.1, 0.15) is 5.75 Å². The number of aryl methyl sites for hydroxylation is 1. The molecule has 1 unspecified atom stereocenters. The standard InChI is InChI=1S/C10H15N2O4PS/c1-7(2)11-17(15,18)16-9-5-4-8(3)10(6-9)12(13)14/h4-7H,1-3H3,(H2,11,15,18). The lowest BCUT2D eigenvalue weighted by atomic mass is 10.2. The van der Waals surface area contributed by atoms with Gasteiger partial charge >= 0.3 is 6.64 Å². The van der Waals surface area contributed by atoms with Crippen LogP contribution < -0.4 is 9.61 Å². The first kappa shape index (κ1) is 15.0. The van der Waals surface area contributed by atoms with E-state index in [1.165, 1.54) is 6.07 Å². The van der Waals surface area contributed by atoms with Crippen LogP contribution in [0.5, 0.6) is 5.75 Å². The summed E-state index contributed by atoms with van der Waals surface area (Å²) in [5.41, 5.74) is 0.461. The highest BCUT2D eigenvalue weighted by atomic mass is 32.5. The number of benzene rings is 1. The van der Waals surface area contributed by atoms with Crippen molar-refractivity contribution in [1.82, 2.24) is 5.09 Å². The molecule has 0 amide bonds. The van der Waals surface area contributed by atoms with Crippen LogP contribution in [0.1, 0.15) is 19.4 Å². The van der Waals surface area contributed by atoms with Crippen molar-refractivity contribution < 1.29 is 14.3 Å². The summed E-state index contributed by atoms with van der Waals surface area (Å²) in [6.07, 6.45) is 0. The fourth-order valence-corrected chi connectivity index (χ4v) is 3.33. The highest BCUT2D eigenvalue weighted by Gasteiger charge is 2.19. The Balaban J connectivity index is 2.95. The van der Waals surface area contributed by atoms with E-state index in [0.717, 1.165) is 0 Å². The summed E-state index contributed by atoms with van der Waals surface area (Å²) in [5.74, 6) is 0.186. The molecule has 1 atom stereocenters. The van der Waals surface area contributed by atoms with Crippen LogP contribution in [0.25, 0.3) is 0 Å². The van der Waals surface area contributed by atoms with Crippen LogP contribution in [0.2, 0.25) is 0 Å². The molecule has 0 spiro atoms. The highest BCUT2D eigenvalue weighted by Crippen LogP contribution is 2.40. The van der Waals surface area contributed by atoms with Crippen molar-refractivity contribution in [2.24, 2.45) is 0 Å². The van der Waals surface area contributed by atoms with Crippen LogP contribution >= 0.6 is 6.64 Å². The van der Waals surface area contributed by atoms with Crippen LogP contribution in [-0.2, 0) is 11.8 Å². The van der Waals surface area contributed by atoms with Gasteiger partial charge in [-0.25, -0.2) is 5.09 Å². The number of rotatable bonds is 5. The van der Waals surface area contributed by atoms with E-state index in [9.17, 15) is 15.0 Å². The van der Waals surface area contributed by atoms with Crippen molar-refractivity contribution in [3.63, 3.8) is 0 Å². The molecule has 0 aromatic heterocycles. The molecule has 8 heteroatoms. The van der Waals surface area contributed by atoms with E-state index in [1.54, 1.807) is 19.1 Å². The molecule has 0 saturated carbocycles. The molecule has 0 aliphatic heterocycles. The van der Waals surface area contributed by atoms with Gasteiger partial charge in [-0.15, -0.1) is 0 Å². The topological polar surface area (TPSA) is 84.6 Å². The Morgan fingerprint density at radius 2 is 2.17 bits per heavy atom. The van der Waals surface area contributed by atoms with Crippen molar-refractivity contribution in [2.75, 3.05) is 0 Å². The lowest BCUT2D eigenvalue weighted by Crippen LogP contribution is -2.21. The minimum atomic E-state index is -3.18. The fraction of sp³-hybridized carbons (Fsp3) is 0.400. The maximum Gasteiger partial charge on any atom is 0.310 e. The number of nitro benzene ring substituents is 1. The van der Waals surface area contributed by atoms with Crippen LogP contribution in [0, 0.1) is 17.0 Å². The van der Waals surface area contributed by atoms with E-state index < -0.39 is 11.6 Å². The minimum absolute atomic E-state index is 0.0405. The highest BCUT2D eigenvalue weighted by molar-refractivity contribution is 8.08. The molecule has 1 aromatic carbocycles. The van der Waals surface area contributed by atoms with Gasteiger partial charge in [-0.2, -0.15) is 0 Å². The predicted octanol–water partition coefficient (Wildman–Crippen LogP) is 2.50. The molecular formula is C10H15N2O4PS. The SMILES string of the molecule is Cc1ccc(OP(O)(=S)NC(C)C)cc1[N+](=O)[O-]. The largest absolute Gasteiger partial charge is 0.433 e. The minimum Gasteiger partial charge on any atom is -0.433 e. The summed E-state index contributed by atoms with van der Waals surface area (Å²) in [5, 5.41) is 13.5. The van der Waals surface area contributed by atoms with Gasteiger partial charge in [-0.05, 0) is 44.7 Å². The Morgan fingerprint density at radius 1 is 1.56 bits per heavy atom. The predicted molar refractivity (Wildman–Crippen MR) is 73.2 cm³/mol. The third-order valence-electron chi connectivity index (χ3n) is 2.03. The Kier molecular flexibility index (Phi) is 4.81. The van der Waals surface area contributed by atoms with E-state index >= 15 is 0 Å². The maximum atomic E-state index is 10.8. The molecule has 1 rings (SSSR count). The van der Waals surface area contributed by atoms with Crippen molar-refractivity contribution >= 4 is 24.1 Å². The second-order valence-corrected chi connectivity index (χ2v) is 7.07. The second kappa shape index (κ2) is 5.75. The van der Waals surface area contributed by atoms with Gasteiger partial charge in [0, 0.05) is 11.6 Å². The van der Waals surface area contributed by atoms with Crippen LogP contribution in [-0.4, -0.2) is 15.9 Å². The molecule has 0 radical (unpaired) electrons. The van der Waals surface area contributed by atoms with Crippen molar-refractivity contribution in [3.05, 3.63) is 33.9 Å². The third kappa shape index (κ3) is 4.34. The molecule has 2 N–H and O–H groups in total. The average molecular weight is 290 g/mol. The van der Waals surface area contributed by atoms with Crippen molar-refractivity contribution in [1.29, 1.82) is 0 Å². The summed E-state index contributed by atoms with van der Waals surface area (Å²) in [4.78, 5) is 20.1. The summed E-state index contributed by atoms with van der Waals surface area (Å²) >= 11 is 4.91. The number of nitrogens with one attached hydrogen (secondary N) is 1. The number of nitro groups is 1. The van der Waals surface area contributed by atoms with Crippen LogP contribution in [0.3, 0.4) is 0 Å². The molecule has 18 heavy (non-hydrogen) atoms. The molecule has 0 heterocycles. The summed E-state index contributed by atoms with van der Waals surface area (Å²) in [6, 6.07) is 4.32. The van der Waals surface area contributed by atoms with E-state index in [1.807, 2.05) is 13.8 Å². The Bertz CT molecular complexity index is 507. The van der Waals surface area contributed by atoms with Crippen LogP contribution in [0.4, 0.5) is 5.69 Å². The van der Waals surface area contributed by atoms with E-state index in [-0.39, 0.29) is 17.5 Å². The first-order chi connectivity index (χ1) is 8.21. The molecular weight excluding hydrogens is 275 g/mol. The van der Waals surface area contributed by atoms with Gasteiger partial charge in [0.05, 0.1) is 11.0 Å². The van der Waals surface area contributed by atoms with Crippen molar-refractivity contribution in [3.8, 4) is 5.75 Å². The number of hydrogen-bond acceptors (Lipinski definition) is 4. The van der Waals surface area contributed by atoms with Gasteiger partial charge in [0.25, 0.3) is 5.69 Å². The molecule has 0 bridgehead atoms. The molecule has 6 nitrogen and oxygen atoms in total. The molecule has 0 saturated heterocycles. The van der Waals surface area contributed by atoms with Gasteiger partial charge in [0.15, 0.2) is 0 Å². The monoisotopic (exact) mass is 290 g/mol.